The highest BCUT2D eigenvalue weighted by Crippen LogP contribution is 2.41. The first-order valence-corrected chi connectivity index (χ1v) is 26.9. The number of ether oxygens (including phenoxy) is 7. The van der Waals surface area contributed by atoms with Crippen molar-refractivity contribution in [3.63, 3.8) is 0 Å². The Balaban J connectivity index is 0.872. The second-order valence-corrected chi connectivity index (χ2v) is 18.5. The number of hydrogen-bond acceptors (Lipinski definition) is 11. The minimum atomic E-state index is -0.477. The average Bonchev–Trinajstić information content (AvgIpc) is 3.48. The molecule has 11 heteroatoms. The summed E-state index contributed by atoms with van der Waals surface area (Å²) in [6.45, 7) is 5.06. The summed E-state index contributed by atoms with van der Waals surface area (Å²) in [5, 5.41) is 27.3. The monoisotopic (exact) mass is 1030 g/mol. The van der Waals surface area contributed by atoms with Crippen molar-refractivity contribution in [2.24, 2.45) is 0 Å². The molecule has 0 aliphatic rings. The normalized spacial score (nSPS) is 10.6. The largest absolute Gasteiger partial charge is 0.494 e. The highest BCUT2D eigenvalue weighted by Gasteiger charge is 2.23. The van der Waals surface area contributed by atoms with Gasteiger partial charge in [0.05, 0.1) is 81.1 Å². The number of benzene rings is 7. The summed E-state index contributed by atoms with van der Waals surface area (Å²) in [4.78, 5) is 13.4. The van der Waals surface area contributed by atoms with Crippen LogP contribution < -0.4 is 28.4 Å². The number of nitriles is 3. The van der Waals surface area contributed by atoms with Gasteiger partial charge in [-0.3, -0.25) is 0 Å². The van der Waals surface area contributed by atoms with Gasteiger partial charge < -0.3 is 33.2 Å². The maximum absolute atomic E-state index is 13.4. The van der Waals surface area contributed by atoms with E-state index in [9.17, 15) is 4.79 Å². The number of hydrogen-bond donors (Lipinski definition) is 0. The lowest BCUT2D eigenvalue weighted by atomic mass is 10.0. The van der Waals surface area contributed by atoms with Gasteiger partial charge in [-0.15, -0.1) is 0 Å². The van der Waals surface area contributed by atoms with E-state index in [0.717, 1.165) is 128 Å². The van der Waals surface area contributed by atoms with Gasteiger partial charge in [0.2, 0.25) is 5.75 Å². The number of nitrogens with zero attached hydrogens (tertiary/aromatic N) is 3. The molecule has 0 atom stereocenters. The van der Waals surface area contributed by atoms with Gasteiger partial charge in [-0.1, -0.05) is 72.8 Å². The zero-order valence-corrected chi connectivity index (χ0v) is 44.1. The van der Waals surface area contributed by atoms with Gasteiger partial charge in [0.1, 0.15) is 22.8 Å². The van der Waals surface area contributed by atoms with Crippen molar-refractivity contribution in [2.45, 2.75) is 84.0 Å². The first kappa shape index (κ1) is 56.0. The molecule has 394 valence electrons. The van der Waals surface area contributed by atoms with Crippen molar-refractivity contribution in [3.05, 3.63) is 180 Å². The first-order chi connectivity index (χ1) is 37.9. The lowest BCUT2D eigenvalue weighted by Gasteiger charge is -2.19. The van der Waals surface area contributed by atoms with E-state index in [-0.39, 0.29) is 6.61 Å². The molecule has 7 aromatic carbocycles. The highest BCUT2D eigenvalue weighted by molar-refractivity contribution is 5.94. The van der Waals surface area contributed by atoms with E-state index >= 15 is 0 Å². The van der Waals surface area contributed by atoms with Gasteiger partial charge in [-0.25, -0.2) is 4.79 Å². The van der Waals surface area contributed by atoms with Crippen molar-refractivity contribution in [2.75, 3.05) is 46.2 Å². The minimum absolute atomic E-state index is 0.223. The smallest absolute Gasteiger partial charge is 0.342 e. The molecule has 7 aromatic rings. The molecule has 0 bridgehead atoms. The predicted octanol–water partition coefficient (Wildman–Crippen LogP) is 15.5. The van der Waals surface area contributed by atoms with Crippen LogP contribution in [0.15, 0.2) is 158 Å². The van der Waals surface area contributed by atoms with Gasteiger partial charge in [0.15, 0.2) is 11.5 Å². The first-order valence-electron chi connectivity index (χ1n) is 26.9. The van der Waals surface area contributed by atoms with E-state index in [4.69, 9.17) is 48.9 Å². The lowest BCUT2D eigenvalue weighted by Crippen LogP contribution is -2.12. The standard InChI is InChI=1S/C66H67N3O8/c1-2-71-66(70)62-39-40-63(75-44-12-6-3-9-41-72-59-33-27-56(28-34-59)53-21-15-50(47-67)16-22-53)65(77-46-14-8-5-11-43-74-61-37-31-58(32-38-61)55-25-19-52(49-69)20-26-55)64(62)76-45-13-7-4-10-42-73-60-35-29-57(30-36-60)54-23-17-51(48-68)18-24-54/h15-40H,2-14,41-46H2,1H3. The molecule has 0 N–H and O–H groups in total. The number of unbranched alkanes of at least 4 members (excludes halogenated alkanes) is 9. The molecule has 0 radical (unpaired) electrons. The Morgan fingerprint density at radius 2 is 0.623 bits per heavy atom. The van der Waals surface area contributed by atoms with Gasteiger partial charge in [0, 0.05) is 0 Å². The fraction of sp³-hybridized carbons (Fsp3) is 0.303. The Labute approximate surface area is 454 Å². The Hall–Kier alpha value is -8.72. The molecule has 11 nitrogen and oxygen atoms in total. The molecule has 0 heterocycles. The van der Waals surface area contributed by atoms with Crippen molar-refractivity contribution >= 4 is 5.97 Å². The van der Waals surface area contributed by atoms with Crippen molar-refractivity contribution in [1.29, 1.82) is 15.8 Å². The molecule has 0 amide bonds. The third-order valence-corrected chi connectivity index (χ3v) is 12.8. The van der Waals surface area contributed by atoms with Crippen molar-refractivity contribution < 1.29 is 38.0 Å². The van der Waals surface area contributed by atoms with E-state index in [1.807, 2.05) is 146 Å². The van der Waals surface area contributed by atoms with Crippen molar-refractivity contribution in [3.8, 4) is 86.1 Å². The Morgan fingerprint density at radius 1 is 0.338 bits per heavy atom. The second kappa shape index (κ2) is 31.2. The van der Waals surface area contributed by atoms with Crippen LogP contribution in [0.5, 0.6) is 34.5 Å². The highest BCUT2D eigenvalue weighted by atomic mass is 16.6. The summed E-state index contributed by atoms with van der Waals surface area (Å²) in [7, 11) is 0. The van der Waals surface area contributed by atoms with Crippen LogP contribution in [0, 0.1) is 34.0 Å². The van der Waals surface area contributed by atoms with Crippen LogP contribution in [0.25, 0.3) is 33.4 Å². The van der Waals surface area contributed by atoms with Crippen LogP contribution >= 0.6 is 0 Å². The van der Waals surface area contributed by atoms with Gasteiger partial charge in [-0.2, -0.15) is 15.8 Å². The molecule has 0 aromatic heterocycles. The molecule has 0 aliphatic carbocycles. The zero-order chi connectivity index (χ0) is 53.7. The summed E-state index contributed by atoms with van der Waals surface area (Å²) in [5.74, 6) is 3.26. The summed E-state index contributed by atoms with van der Waals surface area (Å²) in [5.41, 5.74) is 8.56. The second-order valence-electron chi connectivity index (χ2n) is 18.5. The summed E-state index contributed by atoms with van der Waals surface area (Å²) in [6, 6.07) is 56.6. The van der Waals surface area contributed by atoms with E-state index in [1.165, 1.54) is 0 Å². The molecule has 0 spiro atoms. The van der Waals surface area contributed by atoms with Crippen LogP contribution in [0.4, 0.5) is 0 Å². The minimum Gasteiger partial charge on any atom is -0.494 e. The maximum Gasteiger partial charge on any atom is 0.342 e. The van der Waals surface area contributed by atoms with E-state index in [2.05, 4.69) is 18.2 Å². The maximum atomic E-state index is 13.4. The van der Waals surface area contributed by atoms with Gasteiger partial charge >= 0.3 is 5.97 Å². The molecule has 0 aliphatic heterocycles. The average molecular weight is 1030 g/mol. The van der Waals surface area contributed by atoms with E-state index in [0.29, 0.717) is 79.1 Å². The summed E-state index contributed by atoms with van der Waals surface area (Å²) < 4.78 is 42.9. The lowest BCUT2D eigenvalue weighted by molar-refractivity contribution is 0.0520. The Bertz CT molecular complexity index is 3010. The molecule has 0 saturated carbocycles. The Morgan fingerprint density at radius 3 is 0.935 bits per heavy atom. The number of esters is 1. The molecular weight excluding hydrogens is 963 g/mol. The van der Waals surface area contributed by atoms with Crippen LogP contribution in [0.2, 0.25) is 0 Å². The molecule has 0 saturated heterocycles. The third kappa shape index (κ3) is 18.0. The van der Waals surface area contributed by atoms with Crippen LogP contribution in [0.3, 0.4) is 0 Å². The Kier molecular flexibility index (Phi) is 22.7. The fourth-order valence-corrected chi connectivity index (χ4v) is 8.52. The number of carbonyl (C=O) groups is 1. The summed E-state index contributed by atoms with van der Waals surface area (Å²) >= 11 is 0. The SMILES string of the molecule is CCOC(=O)c1ccc(OCCCCCCOc2ccc(-c3ccc(C#N)cc3)cc2)c(OCCCCCCOc2ccc(-c3ccc(C#N)cc3)cc2)c1OCCCCCCOc1ccc(-c2ccc(C#N)cc2)cc1. The van der Waals surface area contributed by atoms with Crippen LogP contribution in [-0.2, 0) is 4.74 Å². The topological polar surface area (TPSA) is 153 Å². The zero-order valence-electron chi connectivity index (χ0n) is 44.1. The van der Waals surface area contributed by atoms with Crippen molar-refractivity contribution in [1.82, 2.24) is 0 Å². The number of carbonyl (C=O) groups excluding carboxylic acids is 1. The van der Waals surface area contributed by atoms with E-state index in [1.54, 1.807) is 19.1 Å². The molecular formula is C66H67N3O8. The molecule has 77 heavy (non-hydrogen) atoms. The molecule has 0 unspecified atom stereocenters. The predicted molar refractivity (Wildman–Crippen MR) is 301 cm³/mol. The third-order valence-electron chi connectivity index (χ3n) is 12.8. The van der Waals surface area contributed by atoms with Crippen LogP contribution in [-0.4, -0.2) is 52.2 Å². The van der Waals surface area contributed by atoms with Gasteiger partial charge in [-0.05, 0) is 202 Å². The molecule has 7 rings (SSSR count). The summed E-state index contributed by atoms with van der Waals surface area (Å²) in [6.07, 6.45) is 10.7. The molecule has 0 fully saturated rings. The van der Waals surface area contributed by atoms with Gasteiger partial charge in [0.25, 0.3) is 0 Å². The van der Waals surface area contributed by atoms with E-state index < -0.39 is 5.97 Å². The van der Waals surface area contributed by atoms with Crippen LogP contribution in [0.1, 0.15) is 111 Å². The number of rotatable bonds is 32. The quantitative estimate of drug-likeness (QED) is 0.0293. The fourth-order valence-electron chi connectivity index (χ4n) is 8.52.